The van der Waals surface area contributed by atoms with Crippen LogP contribution in [0, 0.1) is 34.6 Å². The molecule has 0 atom stereocenters. The Balaban J connectivity index is 2.30. The minimum atomic E-state index is -3.45. The molecular weight excluding hydrogens is 324 g/mol. The summed E-state index contributed by atoms with van der Waals surface area (Å²) in [6.45, 7) is 14.1. The van der Waals surface area contributed by atoms with E-state index in [1.54, 1.807) is 11.4 Å². The molecule has 0 radical (unpaired) electrons. The first-order chi connectivity index (χ1) is 11.2. The molecule has 0 aliphatic carbocycles. The fourth-order valence-corrected chi connectivity index (χ4v) is 5.38. The lowest BCUT2D eigenvalue weighted by atomic mass is 9.95. The zero-order valence-corrected chi connectivity index (χ0v) is 16.6. The van der Waals surface area contributed by atoms with Gasteiger partial charge in [0.05, 0.1) is 11.5 Å². The van der Waals surface area contributed by atoms with Gasteiger partial charge in [0.1, 0.15) is 0 Å². The molecule has 24 heavy (non-hydrogen) atoms. The predicted molar refractivity (Wildman–Crippen MR) is 97.2 cm³/mol. The summed E-state index contributed by atoms with van der Waals surface area (Å²) < 4.78 is 33.2. The Labute approximate surface area is 146 Å². The van der Waals surface area contributed by atoms with Crippen molar-refractivity contribution >= 4 is 10.0 Å². The van der Waals surface area contributed by atoms with Crippen LogP contribution in [0.4, 0.5) is 0 Å². The van der Waals surface area contributed by atoms with Gasteiger partial charge in [-0.1, -0.05) is 0 Å². The molecule has 1 aromatic carbocycles. The minimum Gasteiger partial charge on any atom is -0.383 e. The topological polar surface area (TPSA) is 49.9 Å². The number of piperazine rings is 1. The number of hydrogen-bond donors (Lipinski definition) is 0. The maximum Gasteiger partial charge on any atom is 0.243 e. The van der Waals surface area contributed by atoms with E-state index in [0.29, 0.717) is 24.6 Å². The lowest BCUT2D eigenvalue weighted by molar-refractivity contribution is 0.123. The molecule has 1 aliphatic rings. The van der Waals surface area contributed by atoms with Gasteiger partial charge in [0.2, 0.25) is 10.0 Å². The van der Waals surface area contributed by atoms with Crippen LogP contribution >= 0.6 is 0 Å². The molecule has 0 spiro atoms. The molecule has 0 N–H and O–H groups in total. The largest absolute Gasteiger partial charge is 0.383 e. The van der Waals surface area contributed by atoms with Gasteiger partial charge in [0.15, 0.2) is 0 Å². The third-order valence-corrected chi connectivity index (χ3v) is 7.65. The van der Waals surface area contributed by atoms with Gasteiger partial charge in [-0.3, -0.25) is 4.90 Å². The summed E-state index contributed by atoms with van der Waals surface area (Å²) in [5, 5.41) is 0. The SMILES string of the molecule is COCCN1CCN(S(=O)(=O)c2c(C)c(C)c(C)c(C)c2C)CC1. The Hall–Kier alpha value is -0.950. The van der Waals surface area contributed by atoms with Crippen LogP contribution in [0.1, 0.15) is 27.8 Å². The van der Waals surface area contributed by atoms with Crippen molar-refractivity contribution in [3.63, 3.8) is 0 Å². The van der Waals surface area contributed by atoms with Gasteiger partial charge in [0, 0.05) is 39.8 Å². The maximum atomic E-state index is 13.2. The maximum absolute atomic E-state index is 13.2. The first-order valence-electron chi connectivity index (χ1n) is 8.50. The molecule has 1 aromatic rings. The molecule has 1 fully saturated rings. The fraction of sp³-hybridized carbons (Fsp3) is 0.667. The van der Waals surface area contributed by atoms with Crippen LogP contribution < -0.4 is 0 Å². The monoisotopic (exact) mass is 354 g/mol. The zero-order valence-electron chi connectivity index (χ0n) is 15.8. The second-order valence-electron chi connectivity index (χ2n) is 6.69. The number of sulfonamides is 1. The van der Waals surface area contributed by atoms with E-state index in [-0.39, 0.29) is 0 Å². The summed E-state index contributed by atoms with van der Waals surface area (Å²) in [5.41, 5.74) is 5.12. The van der Waals surface area contributed by atoms with Crippen LogP contribution in [0.5, 0.6) is 0 Å². The van der Waals surface area contributed by atoms with Gasteiger partial charge >= 0.3 is 0 Å². The average Bonchev–Trinajstić information content (AvgIpc) is 2.56. The number of rotatable bonds is 5. The molecule has 0 amide bonds. The highest BCUT2D eigenvalue weighted by Gasteiger charge is 2.32. The molecule has 1 aliphatic heterocycles. The molecule has 1 heterocycles. The standard InChI is InChI=1S/C18H30N2O3S/c1-13-14(2)16(4)18(17(5)15(13)3)24(21,22)20-9-7-19(8-10-20)11-12-23-6/h7-12H2,1-6H3. The van der Waals surface area contributed by atoms with E-state index >= 15 is 0 Å². The van der Waals surface area contributed by atoms with Crippen molar-refractivity contribution in [1.29, 1.82) is 0 Å². The lowest BCUT2D eigenvalue weighted by Gasteiger charge is -2.34. The second kappa shape index (κ2) is 7.52. The minimum absolute atomic E-state index is 0.508. The summed E-state index contributed by atoms with van der Waals surface area (Å²) in [6.07, 6.45) is 0. The summed E-state index contributed by atoms with van der Waals surface area (Å²) in [4.78, 5) is 2.76. The van der Waals surface area contributed by atoms with E-state index in [1.165, 1.54) is 5.56 Å². The number of hydrogen-bond acceptors (Lipinski definition) is 4. The van der Waals surface area contributed by atoms with Crippen LogP contribution in [-0.4, -0.2) is 64.1 Å². The average molecular weight is 355 g/mol. The normalized spacial score (nSPS) is 17.4. The molecule has 5 nitrogen and oxygen atoms in total. The van der Waals surface area contributed by atoms with Gasteiger partial charge in [-0.2, -0.15) is 4.31 Å². The molecule has 1 saturated heterocycles. The van der Waals surface area contributed by atoms with Gasteiger partial charge in [-0.15, -0.1) is 0 Å². The third-order valence-electron chi connectivity index (χ3n) is 5.47. The number of benzene rings is 1. The first kappa shape index (κ1) is 19.4. The Morgan fingerprint density at radius 1 is 0.833 bits per heavy atom. The van der Waals surface area contributed by atoms with Crippen molar-refractivity contribution in [2.45, 2.75) is 39.5 Å². The highest BCUT2D eigenvalue weighted by molar-refractivity contribution is 7.89. The van der Waals surface area contributed by atoms with E-state index in [0.717, 1.165) is 41.9 Å². The van der Waals surface area contributed by atoms with Gasteiger partial charge in [0.25, 0.3) is 0 Å². The summed E-state index contributed by atoms with van der Waals surface area (Å²) >= 11 is 0. The van der Waals surface area contributed by atoms with E-state index in [9.17, 15) is 8.42 Å². The summed E-state index contributed by atoms with van der Waals surface area (Å²) in [6, 6.07) is 0. The van der Waals surface area contributed by atoms with E-state index in [2.05, 4.69) is 11.8 Å². The second-order valence-corrected chi connectivity index (χ2v) is 8.57. The van der Waals surface area contributed by atoms with Crippen LogP contribution in [-0.2, 0) is 14.8 Å². The number of nitrogens with zero attached hydrogens (tertiary/aromatic N) is 2. The fourth-order valence-electron chi connectivity index (χ4n) is 3.40. The summed E-state index contributed by atoms with van der Waals surface area (Å²) in [5.74, 6) is 0. The predicted octanol–water partition coefficient (Wildman–Crippen LogP) is 2.18. The van der Waals surface area contributed by atoms with Crippen LogP contribution in [0.3, 0.4) is 0 Å². The Morgan fingerprint density at radius 2 is 1.29 bits per heavy atom. The third kappa shape index (κ3) is 3.52. The Bertz CT molecular complexity index is 676. The molecule has 136 valence electrons. The molecule has 0 aromatic heterocycles. The van der Waals surface area contributed by atoms with Crippen molar-refractivity contribution in [2.24, 2.45) is 0 Å². The van der Waals surface area contributed by atoms with E-state index in [1.807, 2.05) is 27.7 Å². The van der Waals surface area contributed by atoms with Gasteiger partial charge in [-0.05, 0) is 62.4 Å². The molecule has 6 heteroatoms. The highest BCUT2D eigenvalue weighted by atomic mass is 32.2. The first-order valence-corrected chi connectivity index (χ1v) is 9.94. The number of ether oxygens (including phenoxy) is 1. The van der Waals surface area contributed by atoms with Crippen molar-refractivity contribution in [2.75, 3.05) is 46.4 Å². The summed E-state index contributed by atoms with van der Waals surface area (Å²) in [7, 11) is -1.76. The lowest BCUT2D eigenvalue weighted by Crippen LogP contribution is -2.49. The van der Waals surface area contributed by atoms with Crippen molar-refractivity contribution in [3.8, 4) is 0 Å². The Kier molecular flexibility index (Phi) is 6.07. The quantitative estimate of drug-likeness (QED) is 0.813. The van der Waals surface area contributed by atoms with Crippen molar-refractivity contribution in [3.05, 3.63) is 27.8 Å². The molecule has 2 rings (SSSR count). The van der Waals surface area contributed by atoms with Gasteiger partial charge < -0.3 is 4.74 Å². The van der Waals surface area contributed by atoms with Crippen LogP contribution in [0.15, 0.2) is 4.90 Å². The highest BCUT2D eigenvalue weighted by Crippen LogP contribution is 2.31. The molecular formula is C18H30N2O3S. The van der Waals surface area contributed by atoms with E-state index < -0.39 is 10.0 Å². The van der Waals surface area contributed by atoms with Crippen molar-refractivity contribution in [1.82, 2.24) is 9.21 Å². The zero-order chi connectivity index (χ0) is 18.1. The molecule has 0 unspecified atom stereocenters. The smallest absolute Gasteiger partial charge is 0.243 e. The van der Waals surface area contributed by atoms with Crippen LogP contribution in [0.25, 0.3) is 0 Å². The number of methoxy groups -OCH3 is 1. The van der Waals surface area contributed by atoms with Crippen LogP contribution in [0.2, 0.25) is 0 Å². The van der Waals surface area contributed by atoms with Crippen molar-refractivity contribution < 1.29 is 13.2 Å². The van der Waals surface area contributed by atoms with Gasteiger partial charge in [-0.25, -0.2) is 8.42 Å². The molecule has 0 saturated carbocycles. The van der Waals surface area contributed by atoms with E-state index in [4.69, 9.17) is 4.74 Å². The Morgan fingerprint density at radius 3 is 1.75 bits per heavy atom. The molecule has 0 bridgehead atoms.